The van der Waals surface area contributed by atoms with Gasteiger partial charge in [0.2, 0.25) is 5.91 Å². The zero-order valence-electron chi connectivity index (χ0n) is 9.55. The summed E-state index contributed by atoms with van der Waals surface area (Å²) >= 11 is 1.75. The van der Waals surface area contributed by atoms with E-state index in [2.05, 4.69) is 5.32 Å². The third kappa shape index (κ3) is 3.38. The van der Waals surface area contributed by atoms with Crippen LogP contribution in [0.2, 0.25) is 0 Å². The predicted molar refractivity (Wildman–Crippen MR) is 66.0 cm³/mol. The standard InChI is InChI=1S/C11H22N2OS/c1-15-8-7-13-10(14)11(9-12)5-3-2-4-6-11/h2-9,12H2,1H3,(H,13,14). The Kier molecular flexibility index (Phi) is 5.47. The van der Waals surface area contributed by atoms with Crippen molar-refractivity contribution in [2.45, 2.75) is 32.1 Å². The van der Waals surface area contributed by atoms with Crippen LogP contribution in [0.5, 0.6) is 0 Å². The Morgan fingerprint density at radius 3 is 2.60 bits per heavy atom. The lowest BCUT2D eigenvalue weighted by Gasteiger charge is -2.34. The van der Waals surface area contributed by atoms with E-state index in [1.807, 2.05) is 6.26 Å². The Hall–Kier alpha value is -0.220. The monoisotopic (exact) mass is 230 g/mol. The van der Waals surface area contributed by atoms with Gasteiger partial charge in [-0.15, -0.1) is 0 Å². The van der Waals surface area contributed by atoms with Gasteiger partial charge in [0.05, 0.1) is 5.41 Å². The molecular weight excluding hydrogens is 208 g/mol. The smallest absolute Gasteiger partial charge is 0.227 e. The molecule has 0 spiro atoms. The van der Waals surface area contributed by atoms with E-state index in [0.29, 0.717) is 6.54 Å². The molecule has 0 aliphatic heterocycles. The van der Waals surface area contributed by atoms with Crippen molar-refractivity contribution in [2.75, 3.05) is 25.1 Å². The molecule has 0 bridgehead atoms. The van der Waals surface area contributed by atoms with Crippen LogP contribution in [-0.4, -0.2) is 31.0 Å². The number of rotatable bonds is 5. The summed E-state index contributed by atoms with van der Waals surface area (Å²) < 4.78 is 0. The molecule has 0 heterocycles. The quantitative estimate of drug-likeness (QED) is 0.702. The van der Waals surface area contributed by atoms with Gasteiger partial charge in [-0.05, 0) is 19.1 Å². The highest BCUT2D eigenvalue weighted by Crippen LogP contribution is 2.35. The van der Waals surface area contributed by atoms with Gasteiger partial charge in [-0.1, -0.05) is 19.3 Å². The third-order valence-corrected chi connectivity index (χ3v) is 3.89. The molecule has 0 saturated heterocycles. The van der Waals surface area contributed by atoms with Gasteiger partial charge in [0.1, 0.15) is 0 Å². The summed E-state index contributed by atoms with van der Waals surface area (Å²) in [5, 5.41) is 3.01. The van der Waals surface area contributed by atoms with E-state index in [1.54, 1.807) is 11.8 Å². The lowest BCUT2D eigenvalue weighted by Crippen LogP contribution is -2.47. The number of nitrogens with two attached hydrogens (primary N) is 1. The van der Waals surface area contributed by atoms with Gasteiger partial charge in [0.15, 0.2) is 0 Å². The molecule has 0 aromatic rings. The Labute approximate surface area is 96.6 Å². The van der Waals surface area contributed by atoms with Crippen molar-refractivity contribution in [1.82, 2.24) is 5.32 Å². The van der Waals surface area contributed by atoms with Crippen LogP contribution in [0.1, 0.15) is 32.1 Å². The first-order valence-electron chi connectivity index (χ1n) is 5.72. The Morgan fingerprint density at radius 1 is 1.40 bits per heavy atom. The minimum atomic E-state index is -0.253. The molecule has 0 radical (unpaired) electrons. The molecule has 4 heteroatoms. The zero-order chi connectivity index (χ0) is 11.1. The van der Waals surface area contributed by atoms with Crippen molar-refractivity contribution >= 4 is 17.7 Å². The van der Waals surface area contributed by atoms with Crippen LogP contribution in [0.25, 0.3) is 0 Å². The number of hydrogen-bond acceptors (Lipinski definition) is 3. The summed E-state index contributed by atoms with van der Waals surface area (Å²) in [5.74, 6) is 1.16. The van der Waals surface area contributed by atoms with E-state index in [1.165, 1.54) is 6.42 Å². The van der Waals surface area contributed by atoms with Gasteiger partial charge in [0.25, 0.3) is 0 Å². The second-order valence-corrected chi connectivity index (χ2v) is 5.28. The highest BCUT2D eigenvalue weighted by Gasteiger charge is 2.37. The second kappa shape index (κ2) is 6.38. The fourth-order valence-corrected chi connectivity index (χ4v) is 2.51. The van der Waals surface area contributed by atoms with Crippen LogP contribution >= 0.6 is 11.8 Å². The molecule has 1 aliphatic carbocycles. The summed E-state index contributed by atoms with van der Waals surface area (Å²) in [5.41, 5.74) is 5.52. The molecule has 3 N–H and O–H groups in total. The topological polar surface area (TPSA) is 55.1 Å². The highest BCUT2D eigenvalue weighted by atomic mass is 32.2. The predicted octanol–water partition coefficient (Wildman–Crippen LogP) is 1.37. The van der Waals surface area contributed by atoms with Crippen LogP contribution in [0.3, 0.4) is 0 Å². The summed E-state index contributed by atoms with van der Waals surface area (Å²) in [6.45, 7) is 1.26. The maximum atomic E-state index is 12.0. The number of hydrogen-bond donors (Lipinski definition) is 2. The summed E-state index contributed by atoms with van der Waals surface area (Å²) in [4.78, 5) is 12.0. The summed E-state index contributed by atoms with van der Waals surface area (Å²) in [6.07, 6.45) is 7.52. The maximum Gasteiger partial charge on any atom is 0.227 e. The maximum absolute atomic E-state index is 12.0. The summed E-state index contributed by atoms with van der Waals surface area (Å²) in [6, 6.07) is 0. The second-order valence-electron chi connectivity index (χ2n) is 4.29. The molecule has 0 atom stereocenters. The number of carbonyl (C=O) groups excluding carboxylic acids is 1. The minimum Gasteiger partial charge on any atom is -0.355 e. The lowest BCUT2D eigenvalue weighted by atomic mass is 9.73. The van der Waals surface area contributed by atoms with Crippen LogP contribution in [0.4, 0.5) is 0 Å². The molecule has 1 saturated carbocycles. The van der Waals surface area contributed by atoms with Gasteiger partial charge in [-0.2, -0.15) is 11.8 Å². The first kappa shape index (κ1) is 12.8. The Morgan fingerprint density at radius 2 is 2.07 bits per heavy atom. The van der Waals surface area contributed by atoms with E-state index < -0.39 is 0 Å². The van der Waals surface area contributed by atoms with Crippen molar-refractivity contribution in [2.24, 2.45) is 11.1 Å². The molecule has 1 fully saturated rings. The lowest BCUT2D eigenvalue weighted by molar-refractivity contribution is -0.132. The molecule has 1 rings (SSSR count). The molecule has 0 unspecified atom stereocenters. The van der Waals surface area contributed by atoms with Crippen molar-refractivity contribution in [1.29, 1.82) is 0 Å². The Balaban J connectivity index is 2.45. The van der Waals surface area contributed by atoms with Gasteiger partial charge in [0, 0.05) is 18.8 Å². The van der Waals surface area contributed by atoms with Crippen LogP contribution in [0, 0.1) is 5.41 Å². The van der Waals surface area contributed by atoms with E-state index >= 15 is 0 Å². The fraction of sp³-hybridized carbons (Fsp3) is 0.909. The third-order valence-electron chi connectivity index (χ3n) is 3.27. The van der Waals surface area contributed by atoms with Crippen LogP contribution in [-0.2, 0) is 4.79 Å². The number of carbonyl (C=O) groups is 1. The molecule has 1 aliphatic rings. The minimum absolute atomic E-state index is 0.179. The van der Waals surface area contributed by atoms with Crippen molar-refractivity contribution in [3.05, 3.63) is 0 Å². The Bertz CT molecular complexity index is 203. The van der Waals surface area contributed by atoms with Gasteiger partial charge in [-0.3, -0.25) is 4.79 Å². The van der Waals surface area contributed by atoms with E-state index in [4.69, 9.17) is 5.73 Å². The SMILES string of the molecule is CSCCNC(=O)C1(CN)CCCCC1. The van der Waals surface area contributed by atoms with E-state index in [0.717, 1.165) is 38.0 Å². The first-order chi connectivity index (χ1) is 7.25. The number of amides is 1. The zero-order valence-corrected chi connectivity index (χ0v) is 10.4. The van der Waals surface area contributed by atoms with Crippen LogP contribution in [0.15, 0.2) is 0 Å². The number of thioether (sulfide) groups is 1. The molecule has 1 amide bonds. The van der Waals surface area contributed by atoms with Gasteiger partial charge >= 0.3 is 0 Å². The molecular formula is C11H22N2OS. The number of nitrogens with one attached hydrogen (secondary N) is 1. The molecule has 3 nitrogen and oxygen atoms in total. The van der Waals surface area contributed by atoms with E-state index in [9.17, 15) is 4.79 Å². The first-order valence-corrected chi connectivity index (χ1v) is 7.12. The van der Waals surface area contributed by atoms with Crippen molar-refractivity contribution in [3.8, 4) is 0 Å². The van der Waals surface area contributed by atoms with Crippen LogP contribution < -0.4 is 11.1 Å². The summed E-state index contributed by atoms with van der Waals surface area (Å²) in [7, 11) is 0. The molecule has 0 aromatic carbocycles. The molecule has 0 aromatic heterocycles. The average molecular weight is 230 g/mol. The average Bonchev–Trinajstić information content (AvgIpc) is 2.30. The normalized spacial score (nSPS) is 19.9. The largest absolute Gasteiger partial charge is 0.355 e. The van der Waals surface area contributed by atoms with Gasteiger partial charge < -0.3 is 11.1 Å². The molecule has 15 heavy (non-hydrogen) atoms. The van der Waals surface area contributed by atoms with E-state index in [-0.39, 0.29) is 11.3 Å². The molecule has 88 valence electrons. The van der Waals surface area contributed by atoms with Crippen molar-refractivity contribution < 1.29 is 4.79 Å². The van der Waals surface area contributed by atoms with Crippen molar-refractivity contribution in [3.63, 3.8) is 0 Å². The highest BCUT2D eigenvalue weighted by molar-refractivity contribution is 7.98. The fourth-order valence-electron chi connectivity index (χ4n) is 2.21. The van der Waals surface area contributed by atoms with Gasteiger partial charge in [-0.25, -0.2) is 0 Å².